The maximum absolute atomic E-state index is 11.6. The molecule has 1 aromatic heterocycles. The zero-order valence-electron chi connectivity index (χ0n) is 14.1. The number of nitrogens with zero attached hydrogens (tertiary/aromatic N) is 4. The average molecular weight is 399 g/mol. The highest BCUT2D eigenvalue weighted by atomic mass is 35.5. The summed E-state index contributed by atoms with van der Waals surface area (Å²) in [6, 6.07) is 15.3. The molecule has 0 bridgehead atoms. The SMILES string of the molecule is O=[N+]([O-])C1=CC=C(Cl)N2C1=NC(c1ccccn1)CC2Sc1ccccc1. The highest BCUT2D eigenvalue weighted by Gasteiger charge is 2.40. The minimum Gasteiger partial charge on any atom is -0.298 e. The molecule has 27 heavy (non-hydrogen) atoms. The molecule has 6 nitrogen and oxygen atoms in total. The van der Waals surface area contributed by atoms with Gasteiger partial charge in [0.05, 0.1) is 22.0 Å². The summed E-state index contributed by atoms with van der Waals surface area (Å²) in [7, 11) is 0. The molecule has 0 aliphatic carbocycles. The van der Waals surface area contributed by atoms with Crippen molar-refractivity contribution in [2.45, 2.75) is 22.7 Å². The van der Waals surface area contributed by atoms with Crippen molar-refractivity contribution in [1.82, 2.24) is 9.88 Å². The van der Waals surface area contributed by atoms with Gasteiger partial charge in [-0.1, -0.05) is 35.9 Å². The van der Waals surface area contributed by atoms with Crippen LogP contribution in [0, 0.1) is 10.1 Å². The quantitative estimate of drug-likeness (QED) is 0.427. The van der Waals surface area contributed by atoms with Gasteiger partial charge in [0.15, 0.2) is 0 Å². The van der Waals surface area contributed by atoms with Crippen molar-refractivity contribution in [3.05, 3.63) is 93.5 Å². The molecular formula is C19H15ClN4O2S. The van der Waals surface area contributed by atoms with Gasteiger partial charge in [-0.2, -0.15) is 0 Å². The van der Waals surface area contributed by atoms with E-state index in [1.807, 2.05) is 48.5 Å². The summed E-state index contributed by atoms with van der Waals surface area (Å²) in [5.74, 6) is 0.280. The number of allylic oxidation sites excluding steroid dienone is 2. The molecule has 3 heterocycles. The maximum atomic E-state index is 11.6. The Balaban J connectivity index is 1.76. The molecule has 4 rings (SSSR count). The fourth-order valence-electron chi connectivity index (χ4n) is 3.09. The first-order chi connectivity index (χ1) is 13.1. The number of hydrogen-bond acceptors (Lipinski definition) is 6. The minimum absolute atomic E-state index is 0.0568. The van der Waals surface area contributed by atoms with Gasteiger partial charge >= 0.3 is 5.70 Å². The minimum atomic E-state index is -0.420. The number of amidine groups is 1. The van der Waals surface area contributed by atoms with Gasteiger partial charge in [-0.15, -0.1) is 11.8 Å². The highest BCUT2D eigenvalue weighted by molar-refractivity contribution is 8.00. The third-order valence-corrected chi connectivity index (χ3v) is 5.83. The van der Waals surface area contributed by atoms with Gasteiger partial charge in [0.1, 0.15) is 5.16 Å². The Hall–Kier alpha value is -2.64. The van der Waals surface area contributed by atoms with Crippen LogP contribution in [0.1, 0.15) is 18.2 Å². The Morgan fingerprint density at radius 1 is 1.15 bits per heavy atom. The molecular weight excluding hydrogens is 384 g/mol. The lowest BCUT2D eigenvalue weighted by Crippen LogP contribution is -2.44. The van der Waals surface area contributed by atoms with E-state index < -0.39 is 4.92 Å². The van der Waals surface area contributed by atoms with E-state index in [0.29, 0.717) is 11.6 Å². The van der Waals surface area contributed by atoms with Crippen molar-refractivity contribution < 1.29 is 4.92 Å². The molecule has 0 N–H and O–H groups in total. The van der Waals surface area contributed by atoms with E-state index in [0.717, 1.165) is 10.6 Å². The van der Waals surface area contributed by atoms with Gasteiger partial charge in [0, 0.05) is 23.6 Å². The van der Waals surface area contributed by atoms with Crippen molar-refractivity contribution in [1.29, 1.82) is 0 Å². The predicted octanol–water partition coefficient (Wildman–Crippen LogP) is 4.60. The molecule has 0 saturated heterocycles. The summed E-state index contributed by atoms with van der Waals surface area (Å²) in [6.45, 7) is 0. The topological polar surface area (TPSA) is 71.6 Å². The van der Waals surface area contributed by atoms with Crippen LogP contribution in [-0.4, -0.2) is 26.0 Å². The lowest BCUT2D eigenvalue weighted by atomic mass is 10.1. The van der Waals surface area contributed by atoms with Crippen LogP contribution in [0.2, 0.25) is 0 Å². The molecule has 2 aliphatic rings. The zero-order valence-corrected chi connectivity index (χ0v) is 15.7. The number of nitro groups is 1. The number of halogens is 1. The molecule has 2 atom stereocenters. The molecule has 8 heteroatoms. The zero-order chi connectivity index (χ0) is 18.8. The van der Waals surface area contributed by atoms with E-state index in [4.69, 9.17) is 11.6 Å². The molecule has 1 aromatic carbocycles. The first-order valence-corrected chi connectivity index (χ1v) is 9.61. The molecule has 2 unspecified atom stereocenters. The van der Waals surface area contributed by atoms with Crippen LogP contribution in [-0.2, 0) is 0 Å². The summed E-state index contributed by atoms with van der Waals surface area (Å²) in [5, 5.41) is 11.8. The third kappa shape index (κ3) is 3.61. The summed E-state index contributed by atoms with van der Waals surface area (Å²) in [4.78, 5) is 23.0. The van der Waals surface area contributed by atoms with Crippen molar-refractivity contribution in [3.63, 3.8) is 0 Å². The molecule has 0 fully saturated rings. The van der Waals surface area contributed by atoms with Crippen LogP contribution in [0.25, 0.3) is 0 Å². The van der Waals surface area contributed by atoms with Crippen LogP contribution in [0.4, 0.5) is 0 Å². The van der Waals surface area contributed by atoms with Crippen LogP contribution in [0.3, 0.4) is 0 Å². The Labute approximate surface area is 165 Å². The third-order valence-electron chi connectivity index (χ3n) is 4.30. The van der Waals surface area contributed by atoms with E-state index in [1.54, 1.807) is 28.9 Å². The number of benzene rings is 1. The number of aromatic nitrogens is 1. The van der Waals surface area contributed by atoms with Crippen molar-refractivity contribution >= 4 is 29.2 Å². The Morgan fingerprint density at radius 2 is 1.93 bits per heavy atom. The first-order valence-electron chi connectivity index (χ1n) is 8.35. The van der Waals surface area contributed by atoms with Crippen LogP contribution in [0.5, 0.6) is 0 Å². The van der Waals surface area contributed by atoms with E-state index >= 15 is 0 Å². The second-order valence-corrected chi connectivity index (χ2v) is 7.65. The van der Waals surface area contributed by atoms with Gasteiger partial charge in [-0.05, 0) is 30.3 Å². The second kappa shape index (κ2) is 7.54. The number of aliphatic imine (C=N–C) groups is 1. The fourth-order valence-corrected chi connectivity index (χ4v) is 4.63. The lowest BCUT2D eigenvalue weighted by Gasteiger charge is -2.38. The predicted molar refractivity (Wildman–Crippen MR) is 106 cm³/mol. The van der Waals surface area contributed by atoms with Crippen LogP contribution < -0.4 is 0 Å². The highest BCUT2D eigenvalue weighted by Crippen LogP contribution is 2.41. The molecule has 2 aliphatic heterocycles. The Kier molecular flexibility index (Phi) is 4.96. The monoisotopic (exact) mass is 398 g/mol. The van der Waals surface area contributed by atoms with Crippen LogP contribution in [0.15, 0.2) is 87.6 Å². The molecule has 0 amide bonds. The summed E-state index contributed by atoms with van der Waals surface area (Å²) in [6.07, 6.45) is 5.30. The van der Waals surface area contributed by atoms with E-state index in [2.05, 4.69) is 9.98 Å². The first kappa shape index (κ1) is 17.8. The number of hydrogen-bond donors (Lipinski definition) is 0. The Morgan fingerprint density at radius 3 is 2.63 bits per heavy atom. The van der Waals surface area contributed by atoms with E-state index in [9.17, 15) is 10.1 Å². The number of fused-ring (bicyclic) bond motifs is 1. The largest absolute Gasteiger partial charge is 0.311 e. The average Bonchev–Trinajstić information content (AvgIpc) is 2.69. The van der Waals surface area contributed by atoms with Crippen molar-refractivity contribution in [2.75, 3.05) is 0 Å². The molecule has 136 valence electrons. The summed E-state index contributed by atoms with van der Waals surface area (Å²) >= 11 is 8.03. The van der Waals surface area contributed by atoms with Gasteiger partial charge in [0.25, 0.3) is 0 Å². The lowest BCUT2D eigenvalue weighted by molar-refractivity contribution is -0.416. The Bertz CT molecular complexity index is 947. The van der Waals surface area contributed by atoms with Gasteiger partial charge in [-0.3, -0.25) is 25.0 Å². The number of thioether (sulfide) groups is 1. The van der Waals surface area contributed by atoms with Crippen molar-refractivity contribution in [2.24, 2.45) is 4.99 Å². The standard InChI is InChI=1S/C19H15ClN4O2S/c20-17-10-9-16(24(25)26)19-22-15(14-8-4-5-11-21-14)12-18(23(17)19)27-13-6-2-1-3-7-13/h1-11,15,18H,12H2. The van der Waals surface area contributed by atoms with E-state index in [-0.39, 0.29) is 22.9 Å². The molecule has 0 spiro atoms. The molecule has 0 radical (unpaired) electrons. The van der Waals surface area contributed by atoms with E-state index in [1.165, 1.54) is 6.08 Å². The number of rotatable bonds is 4. The summed E-state index contributed by atoms with van der Waals surface area (Å²) < 4.78 is 0. The molecule has 2 aromatic rings. The number of pyridine rings is 1. The molecule has 0 saturated carbocycles. The van der Waals surface area contributed by atoms with Crippen LogP contribution >= 0.6 is 23.4 Å². The second-order valence-electron chi connectivity index (χ2n) is 6.01. The van der Waals surface area contributed by atoms with Gasteiger partial charge in [0.2, 0.25) is 5.84 Å². The normalized spacial score (nSPS) is 21.7. The maximum Gasteiger partial charge on any atom is 0.311 e. The smallest absolute Gasteiger partial charge is 0.298 e. The summed E-state index contributed by atoms with van der Waals surface area (Å²) in [5.41, 5.74) is 0.732. The van der Waals surface area contributed by atoms with Gasteiger partial charge < -0.3 is 0 Å². The van der Waals surface area contributed by atoms with Crippen molar-refractivity contribution in [3.8, 4) is 0 Å². The van der Waals surface area contributed by atoms with Gasteiger partial charge in [-0.25, -0.2) is 0 Å². The fraction of sp³-hybridized carbons (Fsp3) is 0.158.